The second-order valence-electron chi connectivity index (χ2n) is 4.85. The zero-order valence-electron chi connectivity index (χ0n) is 11.9. The van der Waals surface area contributed by atoms with E-state index < -0.39 is 0 Å². The third-order valence-electron chi connectivity index (χ3n) is 2.89. The lowest BCUT2D eigenvalue weighted by Gasteiger charge is -2.07. The van der Waals surface area contributed by atoms with Crippen molar-refractivity contribution in [2.75, 3.05) is 10.6 Å². The van der Waals surface area contributed by atoms with Crippen molar-refractivity contribution < 1.29 is 0 Å². The van der Waals surface area contributed by atoms with Crippen LogP contribution in [0.5, 0.6) is 0 Å². The summed E-state index contributed by atoms with van der Waals surface area (Å²) in [7, 11) is 0. The number of aromatic amines is 1. The summed E-state index contributed by atoms with van der Waals surface area (Å²) in [6.07, 6.45) is 3.34. The Labute approximate surface area is 122 Å². The Hall–Kier alpha value is -2.89. The molecule has 6 nitrogen and oxygen atoms in total. The molecule has 21 heavy (non-hydrogen) atoms. The minimum atomic E-state index is 0.638. The van der Waals surface area contributed by atoms with E-state index in [2.05, 4.69) is 49.9 Å². The van der Waals surface area contributed by atoms with Gasteiger partial charge in [0.25, 0.3) is 0 Å². The molecule has 6 heteroatoms. The maximum atomic E-state index is 4.46. The molecule has 0 aliphatic heterocycles. The van der Waals surface area contributed by atoms with Crippen LogP contribution >= 0.6 is 0 Å². The van der Waals surface area contributed by atoms with E-state index in [4.69, 9.17) is 0 Å². The Kier molecular flexibility index (Phi) is 3.51. The maximum absolute atomic E-state index is 4.46. The fourth-order valence-corrected chi connectivity index (χ4v) is 1.97. The van der Waals surface area contributed by atoms with Crippen LogP contribution in [0.15, 0.2) is 42.7 Å². The largest absolute Gasteiger partial charge is 0.339 e. The molecule has 2 aromatic heterocycles. The van der Waals surface area contributed by atoms with Gasteiger partial charge in [-0.15, -0.1) is 0 Å². The first-order chi connectivity index (χ1) is 10.2. The van der Waals surface area contributed by atoms with Crippen molar-refractivity contribution in [3.63, 3.8) is 0 Å². The van der Waals surface area contributed by atoms with Crippen molar-refractivity contribution in [3.8, 4) is 0 Å². The van der Waals surface area contributed by atoms with E-state index in [-0.39, 0.29) is 0 Å². The monoisotopic (exact) mass is 280 g/mol. The lowest BCUT2D eigenvalue weighted by molar-refractivity contribution is 1.05. The van der Waals surface area contributed by atoms with E-state index in [1.54, 1.807) is 12.4 Å². The Bertz CT molecular complexity index is 749. The number of aromatic nitrogens is 4. The molecule has 0 saturated carbocycles. The number of nitrogens with one attached hydrogen (secondary N) is 3. The van der Waals surface area contributed by atoms with Crippen LogP contribution in [0, 0.1) is 13.8 Å². The van der Waals surface area contributed by atoms with E-state index in [0.717, 1.165) is 17.2 Å². The Balaban J connectivity index is 1.76. The summed E-state index contributed by atoms with van der Waals surface area (Å²) in [5.41, 5.74) is 3.16. The standard InChI is InChI=1S/C15H16N6/c1-10-4-3-5-12(6-10)17-14-8-16-9-15(19-14)18-13-7-11(2)20-21-13/h3-9H,1-2H3,(H3,17,18,19,20,21). The summed E-state index contributed by atoms with van der Waals surface area (Å²) in [5, 5.41) is 13.3. The number of H-pyrrole nitrogens is 1. The number of anilines is 4. The van der Waals surface area contributed by atoms with Gasteiger partial charge in [0, 0.05) is 17.4 Å². The fraction of sp³-hybridized carbons (Fsp3) is 0.133. The predicted octanol–water partition coefficient (Wildman–Crippen LogP) is 3.30. The van der Waals surface area contributed by atoms with E-state index >= 15 is 0 Å². The van der Waals surface area contributed by atoms with Crippen LogP contribution in [0.4, 0.5) is 23.1 Å². The topological polar surface area (TPSA) is 78.5 Å². The van der Waals surface area contributed by atoms with Crippen molar-refractivity contribution in [1.29, 1.82) is 0 Å². The van der Waals surface area contributed by atoms with Gasteiger partial charge in [-0.1, -0.05) is 12.1 Å². The molecule has 106 valence electrons. The first-order valence-corrected chi connectivity index (χ1v) is 6.64. The van der Waals surface area contributed by atoms with Crippen molar-refractivity contribution in [2.45, 2.75) is 13.8 Å². The van der Waals surface area contributed by atoms with Crippen LogP contribution in [0.1, 0.15) is 11.3 Å². The second kappa shape index (κ2) is 5.62. The summed E-state index contributed by atoms with van der Waals surface area (Å²) in [6, 6.07) is 10.0. The lowest BCUT2D eigenvalue weighted by Crippen LogP contribution is -1.99. The van der Waals surface area contributed by atoms with Crippen LogP contribution in [0.25, 0.3) is 0 Å². The predicted molar refractivity (Wildman–Crippen MR) is 83.1 cm³/mol. The number of benzene rings is 1. The molecule has 0 radical (unpaired) electrons. The highest BCUT2D eigenvalue weighted by Crippen LogP contribution is 2.18. The normalized spacial score (nSPS) is 10.4. The van der Waals surface area contributed by atoms with Gasteiger partial charge in [-0.3, -0.25) is 10.1 Å². The molecule has 0 aliphatic carbocycles. The summed E-state index contributed by atoms with van der Waals surface area (Å²) in [6.45, 7) is 3.99. The van der Waals surface area contributed by atoms with Crippen LogP contribution < -0.4 is 10.6 Å². The van der Waals surface area contributed by atoms with E-state index in [0.29, 0.717) is 11.6 Å². The molecule has 0 amide bonds. The van der Waals surface area contributed by atoms with Gasteiger partial charge < -0.3 is 10.6 Å². The molecule has 3 rings (SSSR count). The molecular weight excluding hydrogens is 264 g/mol. The molecule has 0 atom stereocenters. The van der Waals surface area contributed by atoms with E-state index in [1.165, 1.54) is 5.56 Å². The second-order valence-corrected chi connectivity index (χ2v) is 4.85. The lowest BCUT2D eigenvalue weighted by atomic mass is 10.2. The SMILES string of the molecule is Cc1cccc(Nc2cncc(Nc3cc(C)[nH]n3)n2)c1. The molecule has 0 aliphatic rings. The third-order valence-corrected chi connectivity index (χ3v) is 2.89. The maximum Gasteiger partial charge on any atom is 0.153 e. The minimum Gasteiger partial charge on any atom is -0.339 e. The van der Waals surface area contributed by atoms with Crippen LogP contribution in [0.3, 0.4) is 0 Å². The average Bonchev–Trinajstić information content (AvgIpc) is 2.84. The zero-order chi connectivity index (χ0) is 14.7. The highest BCUT2D eigenvalue weighted by Gasteiger charge is 2.02. The van der Waals surface area contributed by atoms with Gasteiger partial charge in [-0.05, 0) is 31.5 Å². The number of hydrogen-bond acceptors (Lipinski definition) is 5. The molecule has 1 aromatic carbocycles. The number of nitrogens with zero attached hydrogens (tertiary/aromatic N) is 3. The number of aryl methyl sites for hydroxylation is 2. The Morgan fingerprint density at radius 2 is 1.76 bits per heavy atom. The van der Waals surface area contributed by atoms with Crippen molar-refractivity contribution in [3.05, 3.63) is 54.0 Å². The molecule has 3 N–H and O–H groups in total. The van der Waals surface area contributed by atoms with E-state index in [1.807, 2.05) is 25.1 Å². The molecule has 0 spiro atoms. The van der Waals surface area contributed by atoms with Crippen LogP contribution in [-0.2, 0) is 0 Å². The molecule has 3 aromatic rings. The highest BCUT2D eigenvalue weighted by molar-refractivity contribution is 5.59. The molecule has 2 heterocycles. The molecule has 0 fully saturated rings. The molecule has 0 unspecified atom stereocenters. The Morgan fingerprint density at radius 1 is 0.952 bits per heavy atom. The zero-order valence-corrected chi connectivity index (χ0v) is 11.9. The molecule has 0 saturated heterocycles. The molecule has 0 bridgehead atoms. The summed E-state index contributed by atoms with van der Waals surface area (Å²) in [4.78, 5) is 8.64. The quantitative estimate of drug-likeness (QED) is 0.683. The summed E-state index contributed by atoms with van der Waals surface area (Å²) >= 11 is 0. The van der Waals surface area contributed by atoms with Gasteiger partial charge in [-0.25, -0.2) is 4.98 Å². The third kappa shape index (κ3) is 3.36. The van der Waals surface area contributed by atoms with Gasteiger partial charge in [-0.2, -0.15) is 5.10 Å². The number of rotatable bonds is 4. The summed E-state index contributed by atoms with van der Waals surface area (Å²) in [5.74, 6) is 2.03. The van der Waals surface area contributed by atoms with Gasteiger partial charge in [0.15, 0.2) is 17.5 Å². The molecular formula is C15H16N6. The van der Waals surface area contributed by atoms with Gasteiger partial charge in [0.05, 0.1) is 12.4 Å². The fourth-order valence-electron chi connectivity index (χ4n) is 1.97. The van der Waals surface area contributed by atoms with Crippen LogP contribution in [0.2, 0.25) is 0 Å². The minimum absolute atomic E-state index is 0.638. The first-order valence-electron chi connectivity index (χ1n) is 6.64. The Morgan fingerprint density at radius 3 is 2.48 bits per heavy atom. The van der Waals surface area contributed by atoms with Gasteiger partial charge >= 0.3 is 0 Å². The van der Waals surface area contributed by atoms with Crippen molar-refractivity contribution >= 4 is 23.1 Å². The highest BCUT2D eigenvalue weighted by atomic mass is 15.2. The smallest absolute Gasteiger partial charge is 0.153 e. The average molecular weight is 280 g/mol. The van der Waals surface area contributed by atoms with Crippen molar-refractivity contribution in [1.82, 2.24) is 20.2 Å². The first kappa shape index (κ1) is 13.1. The van der Waals surface area contributed by atoms with Crippen LogP contribution in [-0.4, -0.2) is 20.2 Å². The van der Waals surface area contributed by atoms with Crippen molar-refractivity contribution in [2.24, 2.45) is 0 Å². The van der Waals surface area contributed by atoms with Gasteiger partial charge in [0.2, 0.25) is 0 Å². The van der Waals surface area contributed by atoms with E-state index in [9.17, 15) is 0 Å². The number of hydrogen-bond donors (Lipinski definition) is 3. The summed E-state index contributed by atoms with van der Waals surface area (Å²) < 4.78 is 0. The van der Waals surface area contributed by atoms with Gasteiger partial charge in [0.1, 0.15) is 0 Å².